The predicted molar refractivity (Wildman–Crippen MR) is 90.4 cm³/mol. The van der Waals surface area contributed by atoms with Crippen molar-refractivity contribution in [3.8, 4) is 28.5 Å². The van der Waals surface area contributed by atoms with Crippen LogP contribution in [-0.2, 0) is 7.05 Å². The van der Waals surface area contributed by atoms with E-state index in [1.54, 1.807) is 14.2 Å². The van der Waals surface area contributed by atoms with Crippen molar-refractivity contribution in [2.24, 2.45) is 7.05 Å². The molecule has 5 nitrogen and oxygen atoms in total. The standard InChI is InChI=1S/C18H20N2O3/c1-5-23-15-8-6-7-13-17(15)18(19-20(13)2)12-9-10-14(21-3)16(11-12)22-4/h6-11H,5H2,1-4H3. The van der Waals surface area contributed by atoms with Gasteiger partial charge < -0.3 is 14.2 Å². The lowest BCUT2D eigenvalue weighted by molar-refractivity contribution is 0.344. The van der Waals surface area contributed by atoms with Gasteiger partial charge in [-0.05, 0) is 37.3 Å². The van der Waals surface area contributed by atoms with Crippen LogP contribution in [-0.4, -0.2) is 30.6 Å². The highest BCUT2D eigenvalue weighted by molar-refractivity contribution is 5.98. The molecule has 120 valence electrons. The minimum absolute atomic E-state index is 0.610. The summed E-state index contributed by atoms with van der Waals surface area (Å²) in [6.45, 7) is 2.59. The molecule has 0 saturated carbocycles. The van der Waals surface area contributed by atoms with Crippen LogP contribution < -0.4 is 14.2 Å². The van der Waals surface area contributed by atoms with Gasteiger partial charge in [0.05, 0.1) is 31.7 Å². The summed E-state index contributed by atoms with van der Waals surface area (Å²) >= 11 is 0. The molecule has 0 aliphatic heterocycles. The number of hydrogen-bond acceptors (Lipinski definition) is 4. The van der Waals surface area contributed by atoms with Crippen molar-refractivity contribution >= 4 is 10.9 Å². The Bertz CT molecular complexity index is 840. The topological polar surface area (TPSA) is 45.5 Å². The third-order valence-electron chi connectivity index (χ3n) is 3.80. The van der Waals surface area contributed by atoms with Crippen LogP contribution in [0.5, 0.6) is 17.2 Å². The molecule has 0 aliphatic rings. The van der Waals surface area contributed by atoms with Gasteiger partial charge in [-0.3, -0.25) is 4.68 Å². The lowest BCUT2D eigenvalue weighted by Gasteiger charge is -2.09. The first kappa shape index (κ1) is 15.2. The number of benzene rings is 2. The SMILES string of the molecule is CCOc1cccc2c1c(-c1ccc(OC)c(OC)c1)nn2C. The van der Waals surface area contributed by atoms with Gasteiger partial charge in [0, 0.05) is 12.6 Å². The molecule has 0 atom stereocenters. The van der Waals surface area contributed by atoms with Gasteiger partial charge >= 0.3 is 0 Å². The van der Waals surface area contributed by atoms with Crippen LogP contribution in [0, 0.1) is 0 Å². The van der Waals surface area contributed by atoms with E-state index in [-0.39, 0.29) is 0 Å². The van der Waals surface area contributed by atoms with E-state index in [9.17, 15) is 0 Å². The van der Waals surface area contributed by atoms with Crippen molar-refractivity contribution in [1.82, 2.24) is 9.78 Å². The number of fused-ring (bicyclic) bond motifs is 1. The maximum Gasteiger partial charge on any atom is 0.161 e. The Balaban J connectivity index is 2.24. The van der Waals surface area contributed by atoms with Crippen molar-refractivity contribution in [3.05, 3.63) is 36.4 Å². The quantitative estimate of drug-likeness (QED) is 0.721. The van der Waals surface area contributed by atoms with E-state index in [1.165, 1.54) is 0 Å². The molecule has 0 unspecified atom stereocenters. The lowest BCUT2D eigenvalue weighted by Crippen LogP contribution is -1.93. The maximum atomic E-state index is 5.79. The third kappa shape index (κ3) is 2.59. The Kier molecular flexibility index (Phi) is 4.10. The van der Waals surface area contributed by atoms with Crippen LogP contribution >= 0.6 is 0 Å². The summed E-state index contributed by atoms with van der Waals surface area (Å²) < 4.78 is 18.4. The summed E-state index contributed by atoms with van der Waals surface area (Å²) in [7, 11) is 5.19. The fraction of sp³-hybridized carbons (Fsp3) is 0.278. The number of nitrogens with zero attached hydrogens (tertiary/aromatic N) is 2. The molecule has 0 radical (unpaired) electrons. The zero-order valence-electron chi connectivity index (χ0n) is 13.8. The van der Waals surface area contributed by atoms with Crippen LogP contribution in [0.25, 0.3) is 22.2 Å². The van der Waals surface area contributed by atoms with E-state index in [0.717, 1.165) is 27.9 Å². The first-order valence-corrected chi connectivity index (χ1v) is 7.50. The number of rotatable bonds is 5. The Labute approximate surface area is 135 Å². The molecule has 0 spiro atoms. The molecular weight excluding hydrogens is 292 g/mol. The molecule has 0 fully saturated rings. The monoisotopic (exact) mass is 312 g/mol. The summed E-state index contributed by atoms with van der Waals surface area (Å²) in [6, 6.07) is 11.8. The van der Waals surface area contributed by atoms with E-state index in [0.29, 0.717) is 18.1 Å². The van der Waals surface area contributed by atoms with E-state index in [1.807, 2.05) is 55.1 Å². The van der Waals surface area contributed by atoms with Gasteiger partial charge in [0.1, 0.15) is 11.4 Å². The van der Waals surface area contributed by atoms with Crippen molar-refractivity contribution in [2.75, 3.05) is 20.8 Å². The second kappa shape index (κ2) is 6.20. The van der Waals surface area contributed by atoms with Crippen molar-refractivity contribution < 1.29 is 14.2 Å². The molecule has 2 aromatic carbocycles. The van der Waals surface area contributed by atoms with Crippen molar-refractivity contribution in [3.63, 3.8) is 0 Å². The molecule has 23 heavy (non-hydrogen) atoms. The molecule has 0 bridgehead atoms. The smallest absolute Gasteiger partial charge is 0.161 e. The zero-order valence-corrected chi connectivity index (χ0v) is 13.8. The Morgan fingerprint density at radius 2 is 1.78 bits per heavy atom. The predicted octanol–water partition coefficient (Wildman–Crippen LogP) is 3.66. The number of aryl methyl sites for hydroxylation is 1. The number of aromatic nitrogens is 2. The Hall–Kier alpha value is -2.69. The van der Waals surface area contributed by atoms with Crippen LogP contribution in [0.2, 0.25) is 0 Å². The van der Waals surface area contributed by atoms with Crippen LogP contribution in [0.3, 0.4) is 0 Å². The van der Waals surface area contributed by atoms with Crippen molar-refractivity contribution in [1.29, 1.82) is 0 Å². The summed E-state index contributed by atoms with van der Waals surface area (Å²) in [4.78, 5) is 0. The lowest BCUT2D eigenvalue weighted by atomic mass is 10.1. The van der Waals surface area contributed by atoms with Gasteiger partial charge in [-0.2, -0.15) is 5.10 Å². The highest BCUT2D eigenvalue weighted by Gasteiger charge is 2.16. The fourth-order valence-corrected chi connectivity index (χ4v) is 2.74. The molecule has 0 amide bonds. The first-order chi connectivity index (χ1) is 11.2. The van der Waals surface area contributed by atoms with Crippen LogP contribution in [0.4, 0.5) is 0 Å². The summed E-state index contributed by atoms with van der Waals surface area (Å²) in [5.41, 5.74) is 2.86. The van der Waals surface area contributed by atoms with E-state index in [4.69, 9.17) is 14.2 Å². The highest BCUT2D eigenvalue weighted by Crippen LogP contribution is 2.38. The minimum atomic E-state index is 0.610. The summed E-state index contributed by atoms with van der Waals surface area (Å²) in [5, 5.41) is 5.68. The van der Waals surface area contributed by atoms with Gasteiger partial charge in [0.25, 0.3) is 0 Å². The molecule has 0 saturated heterocycles. The normalized spacial score (nSPS) is 10.8. The summed E-state index contributed by atoms with van der Waals surface area (Å²) in [5.74, 6) is 2.21. The molecule has 5 heteroatoms. The Morgan fingerprint density at radius 1 is 1.00 bits per heavy atom. The van der Waals surface area contributed by atoms with E-state index >= 15 is 0 Å². The fourth-order valence-electron chi connectivity index (χ4n) is 2.74. The summed E-state index contributed by atoms with van der Waals surface area (Å²) in [6.07, 6.45) is 0. The Morgan fingerprint density at radius 3 is 2.48 bits per heavy atom. The molecule has 3 rings (SSSR count). The number of hydrogen-bond donors (Lipinski definition) is 0. The van der Waals surface area contributed by atoms with Crippen LogP contribution in [0.15, 0.2) is 36.4 Å². The molecule has 3 aromatic rings. The zero-order chi connectivity index (χ0) is 16.4. The third-order valence-corrected chi connectivity index (χ3v) is 3.80. The maximum absolute atomic E-state index is 5.79. The van der Waals surface area contributed by atoms with Crippen LogP contribution in [0.1, 0.15) is 6.92 Å². The number of methoxy groups -OCH3 is 2. The first-order valence-electron chi connectivity index (χ1n) is 7.50. The van der Waals surface area contributed by atoms with Gasteiger partial charge in [0.15, 0.2) is 11.5 Å². The molecule has 1 aromatic heterocycles. The molecule has 0 N–H and O–H groups in total. The van der Waals surface area contributed by atoms with Gasteiger partial charge in [-0.25, -0.2) is 0 Å². The van der Waals surface area contributed by atoms with E-state index in [2.05, 4.69) is 5.10 Å². The second-order valence-corrected chi connectivity index (χ2v) is 5.13. The average Bonchev–Trinajstić information content (AvgIpc) is 2.92. The van der Waals surface area contributed by atoms with Gasteiger partial charge in [-0.1, -0.05) is 6.07 Å². The average molecular weight is 312 g/mol. The minimum Gasteiger partial charge on any atom is -0.493 e. The highest BCUT2D eigenvalue weighted by atomic mass is 16.5. The van der Waals surface area contributed by atoms with Gasteiger partial charge in [0.2, 0.25) is 0 Å². The number of ether oxygens (including phenoxy) is 3. The second-order valence-electron chi connectivity index (χ2n) is 5.13. The van der Waals surface area contributed by atoms with E-state index < -0.39 is 0 Å². The molecule has 0 aliphatic carbocycles. The largest absolute Gasteiger partial charge is 0.493 e. The van der Waals surface area contributed by atoms with Crippen molar-refractivity contribution in [2.45, 2.75) is 6.92 Å². The molecular formula is C18H20N2O3. The molecule has 1 heterocycles. The van der Waals surface area contributed by atoms with Gasteiger partial charge in [-0.15, -0.1) is 0 Å².